The molecule has 0 fully saturated rings. The lowest BCUT2D eigenvalue weighted by Gasteiger charge is -2.24. The maximum Gasteiger partial charge on any atom is 0.111 e. The van der Waals surface area contributed by atoms with E-state index in [4.69, 9.17) is 35.4 Å². The number of ether oxygens (including phenoxy) is 1. The van der Waals surface area contributed by atoms with Crippen LogP contribution in [0.4, 0.5) is 0 Å². The van der Waals surface area contributed by atoms with E-state index >= 15 is 0 Å². The molecule has 0 aliphatic carbocycles. The average molecular weight is 284 g/mol. The Labute approximate surface area is 114 Å². The van der Waals surface area contributed by atoms with Crippen molar-refractivity contribution in [3.05, 3.63) is 13.2 Å². The van der Waals surface area contributed by atoms with Gasteiger partial charge in [-0.1, -0.05) is 0 Å². The van der Waals surface area contributed by atoms with Gasteiger partial charge in [-0.15, -0.1) is 13.2 Å². The van der Waals surface area contributed by atoms with Crippen molar-refractivity contribution in [2.24, 2.45) is 0 Å². The Hall–Kier alpha value is -0.540. The van der Waals surface area contributed by atoms with E-state index in [1.54, 1.807) is 0 Å². The fourth-order valence-corrected chi connectivity index (χ4v) is 0.875. The third kappa shape index (κ3) is 13.7. The molecular formula is C12H28O7. The standard InChI is InChI=1S/C6H14O6.C4H10O.C2H4/c7-1-3(9)5(11)6(12)4(10)2-8;1-3-5-4-2;1-2/h3-12H,1-2H2;3-4H2,1-2H3;1-2H2/t3-,4+,5-,6-;;/m1../s1. The maximum absolute atomic E-state index is 8.96. The third-order valence-corrected chi connectivity index (χ3v) is 1.92. The van der Waals surface area contributed by atoms with Crippen LogP contribution in [-0.4, -0.2) is 81.5 Å². The first-order valence-electron chi connectivity index (χ1n) is 5.97. The minimum Gasteiger partial charge on any atom is -0.394 e. The van der Waals surface area contributed by atoms with Crippen LogP contribution < -0.4 is 0 Å². The second-order valence-electron chi connectivity index (χ2n) is 3.26. The molecule has 118 valence electrons. The molecule has 0 amide bonds. The molecule has 0 saturated heterocycles. The first-order valence-corrected chi connectivity index (χ1v) is 5.97. The molecule has 0 aromatic heterocycles. The van der Waals surface area contributed by atoms with E-state index in [1.807, 2.05) is 13.8 Å². The number of rotatable bonds is 7. The summed E-state index contributed by atoms with van der Waals surface area (Å²) in [5.41, 5.74) is 0. The SMILES string of the molecule is C=C.CCOCC.OC[C@@H](O)[C@@H](O)[C@H](O)[C@@H](O)CO. The van der Waals surface area contributed by atoms with Crippen molar-refractivity contribution < 1.29 is 35.4 Å². The van der Waals surface area contributed by atoms with E-state index < -0.39 is 37.6 Å². The zero-order valence-corrected chi connectivity index (χ0v) is 11.6. The molecule has 0 unspecified atom stereocenters. The number of aliphatic hydroxyl groups is 6. The van der Waals surface area contributed by atoms with Crippen LogP contribution in [0.25, 0.3) is 0 Å². The van der Waals surface area contributed by atoms with E-state index in [-0.39, 0.29) is 0 Å². The Bertz CT molecular complexity index is 152. The molecule has 0 aliphatic heterocycles. The van der Waals surface area contributed by atoms with Gasteiger partial charge in [-0.3, -0.25) is 0 Å². The zero-order valence-electron chi connectivity index (χ0n) is 11.6. The van der Waals surface area contributed by atoms with Gasteiger partial charge in [0.2, 0.25) is 0 Å². The first-order chi connectivity index (χ1) is 8.95. The summed E-state index contributed by atoms with van der Waals surface area (Å²) in [7, 11) is 0. The van der Waals surface area contributed by atoms with Crippen LogP contribution >= 0.6 is 0 Å². The summed E-state index contributed by atoms with van der Waals surface area (Å²) in [5, 5.41) is 52.2. The smallest absolute Gasteiger partial charge is 0.111 e. The van der Waals surface area contributed by atoms with E-state index in [1.165, 1.54) is 0 Å². The van der Waals surface area contributed by atoms with E-state index in [9.17, 15) is 0 Å². The molecule has 0 radical (unpaired) electrons. The van der Waals surface area contributed by atoms with Crippen molar-refractivity contribution in [2.75, 3.05) is 26.4 Å². The zero-order chi connectivity index (χ0) is 15.8. The van der Waals surface area contributed by atoms with Crippen LogP contribution in [0.1, 0.15) is 13.8 Å². The highest BCUT2D eigenvalue weighted by molar-refractivity contribution is 4.79. The Morgan fingerprint density at radius 3 is 1.16 bits per heavy atom. The van der Waals surface area contributed by atoms with Crippen molar-refractivity contribution in [3.63, 3.8) is 0 Å². The Morgan fingerprint density at radius 2 is 1.05 bits per heavy atom. The Morgan fingerprint density at radius 1 is 0.789 bits per heavy atom. The van der Waals surface area contributed by atoms with Crippen LogP contribution in [0.5, 0.6) is 0 Å². The molecule has 0 heterocycles. The van der Waals surface area contributed by atoms with Crippen LogP contribution in [0.15, 0.2) is 13.2 Å². The molecule has 7 nitrogen and oxygen atoms in total. The van der Waals surface area contributed by atoms with Crippen molar-refractivity contribution in [1.82, 2.24) is 0 Å². The van der Waals surface area contributed by atoms with E-state index in [2.05, 4.69) is 13.2 Å². The van der Waals surface area contributed by atoms with Crippen LogP contribution in [-0.2, 0) is 4.74 Å². The van der Waals surface area contributed by atoms with Gasteiger partial charge < -0.3 is 35.4 Å². The predicted molar refractivity (Wildman–Crippen MR) is 71.6 cm³/mol. The minimum absolute atomic E-state index is 0.726. The normalized spacial score (nSPS) is 16.0. The fraction of sp³-hybridized carbons (Fsp3) is 0.833. The molecule has 0 bridgehead atoms. The summed E-state index contributed by atoms with van der Waals surface area (Å²) < 4.78 is 4.83. The third-order valence-electron chi connectivity index (χ3n) is 1.92. The fourth-order valence-electron chi connectivity index (χ4n) is 0.875. The van der Waals surface area contributed by atoms with Gasteiger partial charge in [0, 0.05) is 13.2 Å². The van der Waals surface area contributed by atoms with Crippen molar-refractivity contribution in [2.45, 2.75) is 38.3 Å². The lowest BCUT2D eigenvalue weighted by Crippen LogP contribution is -2.46. The number of hydrogen-bond acceptors (Lipinski definition) is 7. The van der Waals surface area contributed by atoms with Crippen LogP contribution in [0, 0.1) is 0 Å². The highest BCUT2D eigenvalue weighted by Crippen LogP contribution is 2.03. The molecular weight excluding hydrogens is 256 g/mol. The maximum atomic E-state index is 8.96. The van der Waals surface area contributed by atoms with Crippen molar-refractivity contribution in [3.8, 4) is 0 Å². The monoisotopic (exact) mass is 284 g/mol. The summed E-state index contributed by atoms with van der Waals surface area (Å²) in [5.74, 6) is 0. The Kier molecular flexibility index (Phi) is 21.6. The van der Waals surface area contributed by atoms with Gasteiger partial charge in [-0.25, -0.2) is 0 Å². The topological polar surface area (TPSA) is 131 Å². The highest BCUT2D eigenvalue weighted by atomic mass is 16.5. The minimum atomic E-state index is -1.67. The van der Waals surface area contributed by atoms with E-state index in [0.29, 0.717) is 0 Å². The summed E-state index contributed by atoms with van der Waals surface area (Å²) in [6.07, 6.45) is -6.39. The molecule has 0 saturated carbocycles. The second kappa shape index (κ2) is 17.5. The lowest BCUT2D eigenvalue weighted by molar-refractivity contribution is -0.123. The molecule has 6 N–H and O–H groups in total. The molecule has 0 aromatic rings. The van der Waals surface area contributed by atoms with Gasteiger partial charge in [0.05, 0.1) is 13.2 Å². The molecule has 0 aromatic carbocycles. The van der Waals surface area contributed by atoms with Gasteiger partial charge in [-0.05, 0) is 13.8 Å². The van der Waals surface area contributed by atoms with Crippen molar-refractivity contribution in [1.29, 1.82) is 0 Å². The largest absolute Gasteiger partial charge is 0.394 e. The van der Waals surface area contributed by atoms with Gasteiger partial charge >= 0.3 is 0 Å². The molecule has 7 heteroatoms. The first kappa shape index (κ1) is 23.5. The molecule has 0 rings (SSSR count). The second-order valence-corrected chi connectivity index (χ2v) is 3.26. The van der Waals surface area contributed by atoms with Crippen LogP contribution in [0.2, 0.25) is 0 Å². The quantitative estimate of drug-likeness (QED) is 0.306. The summed E-state index contributed by atoms with van der Waals surface area (Å²) >= 11 is 0. The van der Waals surface area contributed by atoms with Gasteiger partial charge in [-0.2, -0.15) is 0 Å². The summed E-state index contributed by atoms with van der Waals surface area (Å²) in [6.45, 7) is 10.2. The molecule has 19 heavy (non-hydrogen) atoms. The van der Waals surface area contributed by atoms with Crippen molar-refractivity contribution >= 4 is 0 Å². The lowest BCUT2D eigenvalue weighted by atomic mass is 10.0. The molecule has 0 spiro atoms. The summed E-state index contributed by atoms with van der Waals surface area (Å²) in [4.78, 5) is 0. The number of aliphatic hydroxyl groups excluding tert-OH is 6. The Balaban J connectivity index is -0.000000307. The van der Waals surface area contributed by atoms with Crippen LogP contribution in [0.3, 0.4) is 0 Å². The molecule has 0 aliphatic rings. The summed E-state index contributed by atoms with van der Waals surface area (Å²) in [6, 6.07) is 0. The van der Waals surface area contributed by atoms with Gasteiger partial charge in [0.15, 0.2) is 0 Å². The van der Waals surface area contributed by atoms with E-state index in [0.717, 1.165) is 13.2 Å². The van der Waals surface area contributed by atoms with Gasteiger partial charge in [0.25, 0.3) is 0 Å². The molecule has 4 atom stereocenters. The highest BCUT2D eigenvalue weighted by Gasteiger charge is 2.29. The predicted octanol–water partition coefficient (Wildman–Crippen LogP) is -1.74. The van der Waals surface area contributed by atoms with Gasteiger partial charge in [0.1, 0.15) is 24.4 Å². The number of hydrogen-bond donors (Lipinski definition) is 6. The average Bonchev–Trinajstić information content (AvgIpc) is 2.47.